The summed E-state index contributed by atoms with van der Waals surface area (Å²) in [6, 6.07) is 23.0. The first-order valence-corrected chi connectivity index (χ1v) is 9.40. The van der Waals surface area contributed by atoms with Crippen molar-refractivity contribution >= 4 is 17.1 Å². The van der Waals surface area contributed by atoms with E-state index >= 15 is 0 Å². The second-order valence-corrected chi connectivity index (χ2v) is 6.85. The Kier molecular flexibility index (Phi) is 4.86. The second-order valence-electron chi connectivity index (χ2n) is 6.85. The monoisotopic (exact) mass is 362 g/mol. The number of nitrogens with zero attached hydrogens (tertiary/aromatic N) is 2. The summed E-state index contributed by atoms with van der Waals surface area (Å²) in [7, 11) is 0. The van der Waals surface area contributed by atoms with Crippen LogP contribution in [0, 0.1) is 13.8 Å². The Morgan fingerprint density at radius 2 is 1.43 bits per heavy atom. The van der Waals surface area contributed by atoms with Crippen LogP contribution in [0.4, 0.5) is 0 Å². The molecule has 3 aromatic carbocycles. The maximum Gasteiger partial charge on any atom is 0.0922 e. The van der Waals surface area contributed by atoms with Crippen molar-refractivity contribution in [2.45, 2.75) is 13.8 Å². The first kappa shape index (κ1) is 17.9. The van der Waals surface area contributed by atoms with Crippen LogP contribution in [0.1, 0.15) is 16.8 Å². The van der Waals surface area contributed by atoms with Crippen molar-refractivity contribution in [1.29, 1.82) is 0 Å². The van der Waals surface area contributed by atoms with Gasteiger partial charge in [0.05, 0.1) is 22.4 Å². The van der Waals surface area contributed by atoms with E-state index in [9.17, 15) is 0 Å². The molecule has 1 heterocycles. The number of para-hydroxylation sites is 2. The van der Waals surface area contributed by atoms with E-state index in [0.29, 0.717) is 0 Å². The Morgan fingerprint density at radius 1 is 0.750 bits per heavy atom. The van der Waals surface area contributed by atoms with Gasteiger partial charge in [-0.2, -0.15) is 0 Å². The lowest BCUT2D eigenvalue weighted by molar-refractivity contribution is 1.19. The van der Waals surface area contributed by atoms with E-state index in [4.69, 9.17) is 9.97 Å². The number of benzene rings is 3. The van der Waals surface area contributed by atoms with Crippen molar-refractivity contribution in [3.05, 3.63) is 102 Å². The molecule has 0 radical (unpaired) electrons. The fraction of sp³-hybridized carbons (Fsp3) is 0.0769. The molecule has 0 aliphatic rings. The van der Waals surface area contributed by atoms with Gasteiger partial charge in [-0.25, -0.2) is 9.97 Å². The number of aryl methyl sites for hydroxylation is 2. The number of hydrogen-bond acceptors (Lipinski definition) is 2. The predicted octanol–water partition coefficient (Wildman–Crippen LogP) is 6.78. The first-order valence-electron chi connectivity index (χ1n) is 9.40. The molecule has 0 unspecified atom stereocenters. The van der Waals surface area contributed by atoms with Crippen LogP contribution in [0.3, 0.4) is 0 Å². The molecule has 0 saturated heterocycles. The molecule has 2 nitrogen and oxygen atoms in total. The highest BCUT2D eigenvalue weighted by molar-refractivity contribution is 5.81. The van der Waals surface area contributed by atoms with E-state index in [1.807, 2.05) is 37.3 Å². The highest BCUT2D eigenvalue weighted by Gasteiger charge is 2.09. The minimum atomic E-state index is 0.919. The summed E-state index contributed by atoms with van der Waals surface area (Å²) in [5, 5.41) is 0. The van der Waals surface area contributed by atoms with Gasteiger partial charge in [-0.3, -0.25) is 0 Å². The number of rotatable bonds is 4. The molecule has 136 valence electrons. The minimum Gasteiger partial charge on any atom is -0.249 e. The summed E-state index contributed by atoms with van der Waals surface area (Å²) in [5.41, 5.74) is 9.66. The van der Waals surface area contributed by atoms with Gasteiger partial charge in [0.2, 0.25) is 0 Å². The van der Waals surface area contributed by atoms with Crippen molar-refractivity contribution in [3.63, 3.8) is 0 Å². The Balaban J connectivity index is 1.77. The maximum absolute atomic E-state index is 4.83. The van der Waals surface area contributed by atoms with E-state index in [0.717, 1.165) is 28.0 Å². The Morgan fingerprint density at radius 3 is 2.14 bits per heavy atom. The average Bonchev–Trinajstić information content (AvgIpc) is 2.72. The van der Waals surface area contributed by atoms with E-state index < -0.39 is 0 Å². The zero-order valence-corrected chi connectivity index (χ0v) is 16.2. The standard InChI is InChI=1S/C26H22N2/c1-4-5-10-22-18(2)9-8-11-23(22)20-14-16-21(17-15-20)26-19(3)27-24-12-6-7-13-25(24)28-26/h4-17H,1H2,2-3H3/b10-5-. The highest BCUT2D eigenvalue weighted by Crippen LogP contribution is 2.30. The number of aromatic nitrogens is 2. The molecular weight excluding hydrogens is 340 g/mol. The van der Waals surface area contributed by atoms with Gasteiger partial charge in [-0.1, -0.05) is 79.4 Å². The molecule has 4 aromatic rings. The lowest BCUT2D eigenvalue weighted by Crippen LogP contribution is -1.94. The quantitative estimate of drug-likeness (QED) is 0.374. The molecule has 2 heteroatoms. The molecular formula is C26H22N2. The topological polar surface area (TPSA) is 25.8 Å². The molecule has 28 heavy (non-hydrogen) atoms. The van der Waals surface area contributed by atoms with Gasteiger partial charge >= 0.3 is 0 Å². The summed E-state index contributed by atoms with van der Waals surface area (Å²) in [4.78, 5) is 9.55. The van der Waals surface area contributed by atoms with Crippen molar-refractivity contribution in [1.82, 2.24) is 9.97 Å². The summed E-state index contributed by atoms with van der Waals surface area (Å²) >= 11 is 0. The van der Waals surface area contributed by atoms with Crippen molar-refractivity contribution in [3.8, 4) is 22.4 Å². The van der Waals surface area contributed by atoms with Crippen LogP contribution >= 0.6 is 0 Å². The van der Waals surface area contributed by atoms with E-state index in [2.05, 4.69) is 62.0 Å². The molecule has 0 amide bonds. The van der Waals surface area contributed by atoms with Crippen LogP contribution < -0.4 is 0 Å². The van der Waals surface area contributed by atoms with E-state index in [1.165, 1.54) is 22.3 Å². The van der Waals surface area contributed by atoms with Crippen molar-refractivity contribution in [2.75, 3.05) is 0 Å². The van der Waals surface area contributed by atoms with Crippen LogP contribution in [-0.4, -0.2) is 9.97 Å². The Hall–Kier alpha value is -3.52. The van der Waals surface area contributed by atoms with Crippen molar-refractivity contribution < 1.29 is 0 Å². The molecule has 0 spiro atoms. The molecule has 4 rings (SSSR count). The normalized spacial score (nSPS) is 11.2. The lowest BCUT2D eigenvalue weighted by atomic mass is 9.94. The van der Waals surface area contributed by atoms with Crippen LogP contribution in [0.15, 0.2) is 85.5 Å². The van der Waals surface area contributed by atoms with Gasteiger partial charge < -0.3 is 0 Å². The van der Waals surface area contributed by atoms with Gasteiger partial charge in [0.15, 0.2) is 0 Å². The molecule has 0 saturated carbocycles. The van der Waals surface area contributed by atoms with Crippen LogP contribution in [0.5, 0.6) is 0 Å². The SMILES string of the molecule is C=C/C=C\c1c(C)cccc1-c1ccc(-c2nc3ccccc3nc2C)cc1. The van der Waals surface area contributed by atoms with Gasteiger partial charge in [0.1, 0.15) is 0 Å². The molecule has 1 aromatic heterocycles. The minimum absolute atomic E-state index is 0.919. The number of allylic oxidation sites excluding steroid dienone is 2. The largest absolute Gasteiger partial charge is 0.249 e. The summed E-state index contributed by atoms with van der Waals surface area (Å²) in [5.74, 6) is 0. The summed E-state index contributed by atoms with van der Waals surface area (Å²) in [6.07, 6.45) is 5.90. The van der Waals surface area contributed by atoms with Gasteiger partial charge in [0, 0.05) is 5.56 Å². The summed E-state index contributed by atoms with van der Waals surface area (Å²) < 4.78 is 0. The predicted molar refractivity (Wildman–Crippen MR) is 119 cm³/mol. The molecule has 0 N–H and O–H groups in total. The Bertz CT molecular complexity index is 1180. The first-order chi connectivity index (χ1) is 13.7. The van der Waals surface area contributed by atoms with Crippen molar-refractivity contribution in [2.24, 2.45) is 0 Å². The molecule has 0 aliphatic heterocycles. The zero-order valence-electron chi connectivity index (χ0n) is 16.2. The fourth-order valence-electron chi connectivity index (χ4n) is 3.49. The third kappa shape index (κ3) is 3.37. The van der Waals surface area contributed by atoms with Crippen LogP contribution in [0.25, 0.3) is 39.5 Å². The third-order valence-electron chi connectivity index (χ3n) is 4.94. The van der Waals surface area contributed by atoms with Gasteiger partial charge in [-0.05, 0) is 48.2 Å². The fourth-order valence-corrected chi connectivity index (χ4v) is 3.49. The van der Waals surface area contributed by atoms with Crippen LogP contribution in [0.2, 0.25) is 0 Å². The average molecular weight is 362 g/mol. The number of fused-ring (bicyclic) bond motifs is 1. The lowest BCUT2D eigenvalue weighted by Gasteiger charge is -2.11. The van der Waals surface area contributed by atoms with E-state index in [-0.39, 0.29) is 0 Å². The smallest absolute Gasteiger partial charge is 0.0922 e. The van der Waals surface area contributed by atoms with Crippen LogP contribution in [-0.2, 0) is 0 Å². The Labute approximate surface area is 165 Å². The molecule has 0 bridgehead atoms. The maximum atomic E-state index is 4.83. The summed E-state index contributed by atoms with van der Waals surface area (Å²) in [6.45, 7) is 7.93. The third-order valence-corrected chi connectivity index (χ3v) is 4.94. The highest BCUT2D eigenvalue weighted by atomic mass is 14.8. The second kappa shape index (κ2) is 7.61. The van der Waals surface area contributed by atoms with Gasteiger partial charge in [0.25, 0.3) is 0 Å². The van der Waals surface area contributed by atoms with E-state index in [1.54, 1.807) is 6.08 Å². The van der Waals surface area contributed by atoms with Gasteiger partial charge in [-0.15, -0.1) is 0 Å². The molecule has 0 aliphatic carbocycles. The zero-order chi connectivity index (χ0) is 19.5. The molecule has 0 atom stereocenters. The number of hydrogen-bond donors (Lipinski definition) is 0. The molecule has 0 fully saturated rings.